The molecule has 0 aromatic heterocycles. The summed E-state index contributed by atoms with van der Waals surface area (Å²) in [5.41, 5.74) is 9.23. The number of hydrogen-bond acceptors (Lipinski definition) is 8. The Balaban J connectivity index is 1.29. The van der Waals surface area contributed by atoms with E-state index in [0.29, 0.717) is 106 Å². The lowest BCUT2D eigenvalue weighted by molar-refractivity contribution is -0.122. The molecule has 0 heterocycles. The van der Waals surface area contributed by atoms with Gasteiger partial charge >= 0.3 is 0 Å². The number of alkyl halides is 4. The maximum Gasteiger partial charge on any atom is 0.0718 e. The van der Waals surface area contributed by atoms with E-state index in [1.807, 2.05) is 0 Å². The van der Waals surface area contributed by atoms with Gasteiger partial charge in [-0.3, -0.25) is 0 Å². The van der Waals surface area contributed by atoms with Crippen LogP contribution in [0.3, 0.4) is 0 Å². The van der Waals surface area contributed by atoms with E-state index in [2.05, 4.69) is 187 Å². The molecule has 0 unspecified atom stereocenters. The van der Waals surface area contributed by atoms with Crippen LogP contribution in [0.25, 0.3) is 0 Å². The van der Waals surface area contributed by atoms with Crippen molar-refractivity contribution in [1.29, 1.82) is 0 Å². The van der Waals surface area contributed by atoms with Gasteiger partial charge in [0.1, 0.15) is 0 Å². The molecule has 57 heavy (non-hydrogen) atoms. The van der Waals surface area contributed by atoms with E-state index in [4.69, 9.17) is 37.9 Å². The molecule has 4 aromatic rings. The molecule has 0 aliphatic carbocycles. The van der Waals surface area contributed by atoms with E-state index in [9.17, 15) is 0 Å². The van der Waals surface area contributed by atoms with Crippen molar-refractivity contribution in [3.05, 3.63) is 142 Å². The number of halogens is 4. The van der Waals surface area contributed by atoms with E-state index in [1.165, 1.54) is 22.3 Å². The fourth-order valence-electron chi connectivity index (χ4n) is 5.53. The molecule has 12 heteroatoms. The Morgan fingerprint density at radius 2 is 0.439 bits per heavy atom. The smallest absolute Gasteiger partial charge is 0.0718 e. The van der Waals surface area contributed by atoms with E-state index >= 15 is 0 Å². The van der Waals surface area contributed by atoms with Crippen molar-refractivity contribution >= 4 is 90.4 Å². The van der Waals surface area contributed by atoms with Crippen molar-refractivity contribution in [3.63, 3.8) is 0 Å². The van der Waals surface area contributed by atoms with E-state index < -0.39 is 5.41 Å². The fraction of sp³-hybridized carbons (Fsp3) is 0.467. The average Bonchev–Trinajstić information content (AvgIpc) is 3.26. The first-order valence-corrected chi connectivity index (χ1v) is 25.3. The number of benzene rings is 4. The summed E-state index contributed by atoms with van der Waals surface area (Å²) in [4.78, 5) is 0. The highest BCUT2D eigenvalue weighted by molar-refractivity contribution is 14.1. The van der Waals surface area contributed by atoms with Crippen LogP contribution < -0.4 is 0 Å². The summed E-state index contributed by atoms with van der Waals surface area (Å²) in [6.45, 7) is 7.29. The van der Waals surface area contributed by atoms with Crippen LogP contribution in [0.2, 0.25) is 0 Å². The van der Waals surface area contributed by atoms with Crippen molar-refractivity contribution in [2.45, 2.75) is 44.1 Å². The third kappa shape index (κ3) is 20.7. The highest BCUT2D eigenvalue weighted by Crippen LogP contribution is 2.22. The molecule has 312 valence electrons. The predicted molar refractivity (Wildman–Crippen MR) is 261 cm³/mol. The first-order chi connectivity index (χ1) is 28.0. The molecule has 0 N–H and O–H groups in total. The molecule has 0 saturated carbocycles. The minimum Gasteiger partial charge on any atom is -0.378 e. The lowest BCUT2D eigenvalue weighted by Crippen LogP contribution is -2.42. The van der Waals surface area contributed by atoms with E-state index in [0.717, 1.165) is 40.0 Å². The molecule has 0 fully saturated rings. The highest BCUT2D eigenvalue weighted by atomic mass is 127. The van der Waals surface area contributed by atoms with Gasteiger partial charge in [-0.1, -0.05) is 187 Å². The lowest BCUT2D eigenvalue weighted by Gasteiger charge is -2.33. The van der Waals surface area contributed by atoms with Gasteiger partial charge in [0.2, 0.25) is 0 Å². The summed E-state index contributed by atoms with van der Waals surface area (Å²) >= 11 is 9.50. The highest BCUT2D eigenvalue weighted by Gasteiger charge is 2.32. The van der Waals surface area contributed by atoms with Crippen LogP contribution in [0.4, 0.5) is 0 Å². The standard InChI is InChI=1S/C45H56I4O8/c46-25-37-1-9-41(10-2-37)29-50-17-21-54-33-45(34-55-22-18-51-30-42-11-3-38(26-47)4-12-42,35-56-23-19-52-31-43-13-5-39(27-48)6-14-43)36-57-24-20-53-32-44-15-7-40(28-49)8-16-44/h1-16H,17-36H2. The topological polar surface area (TPSA) is 73.8 Å². The molecule has 0 aliphatic heterocycles. The average molecular weight is 1230 g/mol. The van der Waals surface area contributed by atoms with Crippen molar-refractivity contribution in [1.82, 2.24) is 0 Å². The zero-order chi connectivity index (χ0) is 40.2. The maximum absolute atomic E-state index is 6.28. The predicted octanol–water partition coefficient (Wildman–Crippen LogP) is 10.6. The largest absolute Gasteiger partial charge is 0.378 e. The van der Waals surface area contributed by atoms with Gasteiger partial charge in [-0.15, -0.1) is 0 Å². The quantitative estimate of drug-likeness (QED) is 0.0272. The molecular weight excluding hydrogens is 1180 g/mol. The zero-order valence-electron chi connectivity index (χ0n) is 32.7. The SMILES string of the molecule is ICc1ccc(COCCOCC(COCCOCc2ccc(CI)cc2)(COCCOCc2ccc(CI)cc2)COCCOCc2ccc(CI)cc2)cc1. The van der Waals surface area contributed by atoms with Crippen molar-refractivity contribution in [2.75, 3.05) is 79.3 Å². The van der Waals surface area contributed by atoms with E-state index in [1.54, 1.807) is 0 Å². The summed E-state index contributed by atoms with van der Waals surface area (Å²) in [5.74, 6) is 0. The fourth-order valence-corrected chi connectivity index (χ4v) is 7.57. The van der Waals surface area contributed by atoms with Gasteiger partial charge in [0.15, 0.2) is 0 Å². The summed E-state index contributed by atoms with van der Waals surface area (Å²) < 4.78 is 52.9. The molecule has 8 nitrogen and oxygen atoms in total. The monoisotopic (exact) mass is 1230 g/mol. The number of hydrogen-bond donors (Lipinski definition) is 0. The molecule has 0 bridgehead atoms. The molecule has 0 saturated heterocycles. The Labute approximate surface area is 394 Å². The van der Waals surface area contributed by atoms with E-state index in [-0.39, 0.29) is 0 Å². The van der Waals surface area contributed by atoms with Crippen LogP contribution in [0.15, 0.2) is 97.1 Å². The van der Waals surface area contributed by atoms with Crippen LogP contribution >= 0.6 is 90.4 Å². The maximum atomic E-state index is 6.28. The van der Waals surface area contributed by atoms with Gasteiger partial charge in [0, 0.05) is 17.7 Å². The minimum absolute atomic E-state index is 0.374. The Bertz CT molecular complexity index is 1350. The second-order valence-electron chi connectivity index (χ2n) is 13.7. The second-order valence-corrected chi connectivity index (χ2v) is 16.8. The van der Waals surface area contributed by atoms with Gasteiger partial charge < -0.3 is 37.9 Å². The molecule has 0 radical (unpaired) electrons. The lowest BCUT2D eigenvalue weighted by atomic mass is 9.92. The Hall–Kier alpha value is -0.520. The number of rotatable bonds is 32. The first kappa shape index (κ1) is 49.1. The summed E-state index contributed by atoms with van der Waals surface area (Å²) in [7, 11) is 0. The second kappa shape index (κ2) is 30.5. The van der Waals surface area contributed by atoms with Gasteiger partial charge in [-0.2, -0.15) is 0 Å². The van der Waals surface area contributed by atoms with Gasteiger partial charge in [-0.05, 0) is 44.5 Å². The zero-order valence-corrected chi connectivity index (χ0v) is 41.3. The third-order valence-corrected chi connectivity index (χ3v) is 12.4. The van der Waals surface area contributed by atoms with Crippen molar-refractivity contribution < 1.29 is 37.9 Å². The molecule has 0 aliphatic rings. The van der Waals surface area contributed by atoms with Crippen LogP contribution in [0.1, 0.15) is 44.5 Å². The molecule has 0 amide bonds. The van der Waals surface area contributed by atoms with Crippen molar-refractivity contribution in [3.8, 4) is 0 Å². The molecule has 0 atom stereocenters. The van der Waals surface area contributed by atoms with Crippen LogP contribution in [-0.2, 0) is 82.0 Å². The van der Waals surface area contributed by atoms with Crippen molar-refractivity contribution in [2.24, 2.45) is 5.41 Å². The Morgan fingerprint density at radius 3 is 0.632 bits per heavy atom. The summed E-state index contributed by atoms with van der Waals surface area (Å²) in [5, 5.41) is 0. The minimum atomic E-state index is -0.574. The Morgan fingerprint density at radius 1 is 0.263 bits per heavy atom. The van der Waals surface area contributed by atoms with Crippen LogP contribution in [0, 0.1) is 5.41 Å². The third-order valence-electron chi connectivity index (χ3n) is 8.91. The summed E-state index contributed by atoms with van der Waals surface area (Å²) in [6.07, 6.45) is 0. The number of ether oxygens (including phenoxy) is 8. The van der Waals surface area contributed by atoms with Gasteiger partial charge in [0.05, 0.1) is 111 Å². The molecule has 0 spiro atoms. The Kier molecular flexibility index (Phi) is 26.3. The molecule has 4 rings (SSSR count). The normalized spacial score (nSPS) is 11.7. The summed E-state index contributed by atoms with van der Waals surface area (Å²) in [6, 6.07) is 34.1. The first-order valence-electron chi connectivity index (χ1n) is 19.2. The van der Waals surface area contributed by atoms with Gasteiger partial charge in [-0.25, -0.2) is 0 Å². The van der Waals surface area contributed by atoms with Crippen LogP contribution in [0.5, 0.6) is 0 Å². The van der Waals surface area contributed by atoms with Crippen LogP contribution in [-0.4, -0.2) is 79.3 Å². The van der Waals surface area contributed by atoms with Gasteiger partial charge in [0.25, 0.3) is 0 Å². The molecule has 4 aromatic carbocycles. The molecular formula is C45H56I4O8.